The van der Waals surface area contributed by atoms with Crippen LogP contribution in [0.4, 0.5) is 5.82 Å². The predicted octanol–water partition coefficient (Wildman–Crippen LogP) is 2.32. The van der Waals surface area contributed by atoms with E-state index in [1.54, 1.807) is 7.05 Å². The van der Waals surface area contributed by atoms with Gasteiger partial charge in [0.15, 0.2) is 0 Å². The maximum absolute atomic E-state index is 12.9. The smallest absolute Gasteiger partial charge is 0.349 e. The third kappa shape index (κ3) is 4.11. The highest BCUT2D eigenvalue weighted by Gasteiger charge is 2.46. The molecule has 0 bridgehead atoms. The number of hydrogen-bond donors (Lipinski definition) is 2. The van der Waals surface area contributed by atoms with E-state index in [2.05, 4.69) is 21.7 Å². The fraction of sp³-hybridized carbons (Fsp3) is 0.500. The molecule has 1 aliphatic carbocycles. The van der Waals surface area contributed by atoms with Gasteiger partial charge in [0.25, 0.3) is 0 Å². The zero-order chi connectivity index (χ0) is 19.8. The van der Waals surface area contributed by atoms with Crippen LogP contribution in [0.1, 0.15) is 40.0 Å². The maximum atomic E-state index is 12.9. The van der Waals surface area contributed by atoms with E-state index < -0.39 is 11.6 Å². The number of fused-ring (bicyclic) bond motifs is 1. The molecule has 0 radical (unpaired) electrons. The molecule has 1 fully saturated rings. The highest BCUT2D eigenvalue weighted by molar-refractivity contribution is 5.92. The molecule has 1 aromatic carbocycles. The molecule has 1 saturated carbocycles. The van der Waals surface area contributed by atoms with E-state index >= 15 is 0 Å². The summed E-state index contributed by atoms with van der Waals surface area (Å²) < 4.78 is 1.48. The minimum absolute atomic E-state index is 0.131. The Labute approximate surface area is 158 Å². The Bertz CT molecular complexity index is 977. The van der Waals surface area contributed by atoms with Crippen LogP contribution in [0.3, 0.4) is 0 Å². The largest absolute Gasteiger partial charge is 0.358 e. The van der Waals surface area contributed by atoms with Gasteiger partial charge >= 0.3 is 5.69 Å². The van der Waals surface area contributed by atoms with Gasteiger partial charge in [0.05, 0.1) is 11.6 Å². The van der Waals surface area contributed by atoms with Gasteiger partial charge in [0.2, 0.25) is 5.91 Å². The number of para-hydroxylation sites is 1. The number of nitrogens with zero attached hydrogens (tertiary/aromatic N) is 3. The van der Waals surface area contributed by atoms with Crippen LogP contribution in [0, 0.1) is 16.7 Å². The summed E-state index contributed by atoms with van der Waals surface area (Å²) in [4.78, 5) is 29.3. The van der Waals surface area contributed by atoms with Crippen molar-refractivity contribution in [3.8, 4) is 6.07 Å². The fourth-order valence-electron chi connectivity index (χ4n) is 3.11. The van der Waals surface area contributed by atoms with Crippen LogP contribution in [-0.4, -0.2) is 27.0 Å². The van der Waals surface area contributed by atoms with Gasteiger partial charge in [-0.1, -0.05) is 32.9 Å². The molecule has 3 rings (SSSR count). The molecule has 1 atom stereocenters. The van der Waals surface area contributed by atoms with Crippen LogP contribution in [-0.2, 0) is 11.8 Å². The van der Waals surface area contributed by atoms with Gasteiger partial charge in [-0.05, 0) is 36.8 Å². The van der Waals surface area contributed by atoms with Crippen LogP contribution in [0.5, 0.6) is 0 Å². The number of benzene rings is 1. The summed E-state index contributed by atoms with van der Waals surface area (Å²) in [6.07, 6.45) is 1.88. The molecule has 0 aliphatic heterocycles. The molecule has 1 amide bonds. The lowest BCUT2D eigenvalue weighted by Crippen LogP contribution is -2.47. The highest BCUT2D eigenvalue weighted by atomic mass is 16.2. The van der Waals surface area contributed by atoms with Crippen molar-refractivity contribution in [1.29, 1.82) is 5.26 Å². The molecule has 0 spiro atoms. The minimum atomic E-state index is -0.739. The van der Waals surface area contributed by atoms with Crippen LogP contribution >= 0.6 is 0 Å². The number of carbonyl (C=O) groups excluding carboxylic acids is 1. The van der Waals surface area contributed by atoms with E-state index in [-0.39, 0.29) is 17.0 Å². The second-order valence-corrected chi connectivity index (χ2v) is 8.46. The van der Waals surface area contributed by atoms with E-state index in [0.29, 0.717) is 25.1 Å². The lowest BCUT2D eigenvalue weighted by molar-refractivity contribution is -0.123. The zero-order valence-corrected chi connectivity index (χ0v) is 16.2. The Morgan fingerprint density at radius 3 is 2.63 bits per heavy atom. The zero-order valence-electron chi connectivity index (χ0n) is 16.2. The average Bonchev–Trinajstić information content (AvgIpc) is 3.37. The van der Waals surface area contributed by atoms with Crippen molar-refractivity contribution < 1.29 is 4.79 Å². The van der Waals surface area contributed by atoms with Gasteiger partial charge in [0.1, 0.15) is 17.4 Å². The van der Waals surface area contributed by atoms with E-state index in [4.69, 9.17) is 0 Å². The monoisotopic (exact) mass is 367 g/mol. The van der Waals surface area contributed by atoms with Crippen molar-refractivity contribution in [1.82, 2.24) is 14.9 Å². The van der Waals surface area contributed by atoms with Gasteiger partial charge < -0.3 is 10.6 Å². The molecule has 142 valence electrons. The van der Waals surface area contributed by atoms with Crippen molar-refractivity contribution in [2.75, 3.05) is 5.32 Å². The molecule has 1 unspecified atom stereocenters. The molecule has 7 heteroatoms. The second kappa shape index (κ2) is 6.69. The van der Waals surface area contributed by atoms with E-state index in [1.807, 2.05) is 45.0 Å². The van der Waals surface area contributed by atoms with Crippen LogP contribution < -0.4 is 16.3 Å². The van der Waals surface area contributed by atoms with E-state index in [1.165, 1.54) is 4.57 Å². The number of rotatable bonds is 5. The number of aryl methyl sites for hydroxylation is 1. The molecule has 1 heterocycles. The van der Waals surface area contributed by atoms with Crippen molar-refractivity contribution in [3.63, 3.8) is 0 Å². The minimum Gasteiger partial charge on any atom is -0.358 e. The molecular formula is C20H25N5O2. The Balaban J connectivity index is 1.96. The average molecular weight is 367 g/mol. The number of nitriles is 1. The van der Waals surface area contributed by atoms with Gasteiger partial charge in [0, 0.05) is 12.4 Å². The first-order valence-electron chi connectivity index (χ1n) is 9.10. The van der Waals surface area contributed by atoms with E-state index in [9.17, 15) is 14.9 Å². The van der Waals surface area contributed by atoms with Crippen molar-refractivity contribution in [2.24, 2.45) is 12.5 Å². The Kier molecular flexibility index (Phi) is 4.68. The number of nitrogens with one attached hydrogen (secondary N) is 2. The lowest BCUT2D eigenvalue weighted by atomic mass is 9.87. The predicted molar refractivity (Wildman–Crippen MR) is 104 cm³/mol. The number of hydrogen-bond acceptors (Lipinski definition) is 5. The SMILES string of the molecule is Cn1c(=O)nc(NC(CC(C)(C)C)C(=O)NC2(C#N)CC2)c2ccccc21. The summed E-state index contributed by atoms with van der Waals surface area (Å²) in [6.45, 7) is 6.13. The van der Waals surface area contributed by atoms with Crippen LogP contribution in [0.15, 0.2) is 29.1 Å². The fourth-order valence-corrected chi connectivity index (χ4v) is 3.11. The van der Waals surface area contributed by atoms with Crippen LogP contribution in [0.25, 0.3) is 10.9 Å². The quantitative estimate of drug-likeness (QED) is 0.845. The molecule has 7 nitrogen and oxygen atoms in total. The molecule has 1 aromatic heterocycles. The van der Waals surface area contributed by atoms with E-state index in [0.717, 1.165) is 10.9 Å². The normalized spacial score (nSPS) is 16.4. The first kappa shape index (κ1) is 18.9. The summed E-state index contributed by atoms with van der Waals surface area (Å²) in [5.74, 6) is 0.149. The molecule has 27 heavy (non-hydrogen) atoms. The molecule has 0 saturated heterocycles. The highest BCUT2D eigenvalue weighted by Crippen LogP contribution is 2.35. The second-order valence-electron chi connectivity index (χ2n) is 8.46. The van der Waals surface area contributed by atoms with Gasteiger partial charge in [-0.15, -0.1) is 0 Å². The maximum Gasteiger partial charge on any atom is 0.349 e. The van der Waals surface area contributed by atoms with Gasteiger partial charge in [-0.25, -0.2) is 4.79 Å². The van der Waals surface area contributed by atoms with Crippen LogP contribution in [0.2, 0.25) is 0 Å². The summed E-state index contributed by atoms with van der Waals surface area (Å²) in [6, 6.07) is 9.02. The topological polar surface area (TPSA) is 99.8 Å². The Morgan fingerprint density at radius 2 is 2.04 bits per heavy atom. The van der Waals surface area contributed by atoms with Gasteiger partial charge in [-0.2, -0.15) is 10.2 Å². The molecule has 1 aliphatic rings. The summed E-state index contributed by atoms with van der Waals surface area (Å²) >= 11 is 0. The number of anilines is 1. The summed E-state index contributed by atoms with van der Waals surface area (Å²) in [5.41, 5.74) is -0.516. The Hall–Kier alpha value is -2.88. The Morgan fingerprint density at radius 1 is 1.37 bits per heavy atom. The van der Waals surface area contributed by atoms with Crippen molar-refractivity contribution in [2.45, 2.75) is 51.6 Å². The molecular weight excluding hydrogens is 342 g/mol. The molecule has 2 aromatic rings. The summed E-state index contributed by atoms with van der Waals surface area (Å²) in [5, 5.41) is 16.1. The first-order chi connectivity index (χ1) is 12.6. The van der Waals surface area contributed by atoms with Gasteiger partial charge in [-0.3, -0.25) is 9.36 Å². The number of amides is 1. The first-order valence-corrected chi connectivity index (χ1v) is 9.10. The standard InChI is InChI=1S/C20H25N5O2/c1-19(2,3)11-14(17(26)24-20(12-21)9-10-20)22-16-13-7-5-6-8-15(13)25(4)18(27)23-16/h5-8,14H,9-11H2,1-4H3,(H,24,26)(H,22,23,27). The third-order valence-electron chi connectivity index (χ3n) is 4.79. The lowest BCUT2D eigenvalue weighted by Gasteiger charge is -2.27. The van der Waals surface area contributed by atoms with Crippen molar-refractivity contribution in [3.05, 3.63) is 34.7 Å². The summed E-state index contributed by atoms with van der Waals surface area (Å²) in [7, 11) is 1.67. The number of carbonyl (C=O) groups is 1. The third-order valence-corrected chi connectivity index (χ3v) is 4.79. The number of aromatic nitrogens is 2. The molecule has 2 N–H and O–H groups in total. The van der Waals surface area contributed by atoms with Crippen molar-refractivity contribution >= 4 is 22.6 Å².